The van der Waals surface area contributed by atoms with Crippen LogP contribution >= 0.6 is 0 Å². The molecule has 11 heavy (non-hydrogen) atoms. The lowest BCUT2D eigenvalue weighted by Gasteiger charge is -2.10. The van der Waals surface area contributed by atoms with Gasteiger partial charge in [-0.3, -0.25) is 0 Å². The maximum absolute atomic E-state index is 5.39. The molecule has 0 bridgehead atoms. The van der Waals surface area contributed by atoms with Gasteiger partial charge in [-0.2, -0.15) is 0 Å². The molecule has 1 unspecified atom stereocenters. The molecule has 0 aliphatic carbocycles. The zero-order valence-corrected chi connectivity index (χ0v) is 7.38. The van der Waals surface area contributed by atoms with Crippen molar-refractivity contribution in [2.75, 3.05) is 6.61 Å². The van der Waals surface area contributed by atoms with Gasteiger partial charge in [-0.1, -0.05) is 12.2 Å². The summed E-state index contributed by atoms with van der Waals surface area (Å²) >= 11 is 0. The molecule has 0 radical (unpaired) electrons. The number of allylic oxidation sites excluding steroid dienone is 1. The van der Waals surface area contributed by atoms with Crippen LogP contribution in [0.15, 0.2) is 25.3 Å². The zero-order chi connectivity index (χ0) is 8.53. The number of unbranched alkanes of at least 4 members (excludes halogenated alkanes) is 1. The van der Waals surface area contributed by atoms with Gasteiger partial charge in [0.15, 0.2) is 0 Å². The molecular formula is C10H18O. The van der Waals surface area contributed by atoms with Gasteiger partial charge >= 0.3 is 0 Å². The molecule has 0 fully saturated rings. The van der Waals surface area contributed by atoms with Crippen LogP contribution in [0.2, 0.25) is 0 Å². The second-order valence-electron chi connectivity index (χ2n) is 2.45. The van der Waals surface area contributed by atoms with Crippen molar-refractivity contribution in [1.82, 2.24) is 0 Å². The Morgan fingerprint density at radius 1 is 1.45 bits per heavy atom. The maximum atomic E-state index is 5.39. The average molecular weight is 154 g/mol. The van der Waals surface area contributed by atoms with Crippen LogP contribution < -0.4 is 0 Å². The molecule has 0 aromatic rings. The SMILES string of the molecule is C=CCCCC(C=C)OCC. The van der Waals surface area contributed by atoms with Gasteiger partial charge in [0.25, 0.3) is 0 Å². The fraction of sp³-hybridized carbons (Fsp3) is 0.600. The first-order chi connectivity index (χ1) is 5.35. The van der Waals surface area contributed by atoms with Gasteiger partial charge in [-0.05, 0) is 26.2 Å². The van der Waals surface area contributed by atoms with Crippen LogP contribution in [0.1, 0.15) is 26.2 Å². The second kappa shape index (κ2) is 7.55. The molecule has 0 heterocycles. The van der Waals surface area contributed by atoms with Gasteiger partial charge in [0, 0.05) is 6.61 Å². The van der Waals surface area contributed by atoms with Crippen molar-refractivity contribution in [3.63, 3.8) is 0 Å². The molecule has 0 rings (SSSR count). The first-order valence-electron chi connectivity index (χ1n) is 4.20. The molecule has 0 aromatic heterocycles. The second-order valence-corrected chi connectivity index (χ2v) is 2.45. The van der Waals surface area contributed by atoms with E-state index in [0.29, 0.717) is 0 Å². The van der Waals surface area contributed by atoms with Crippen molar-refractivity contribution in [2.24, 2.45) is 0 Å². The van der Waals surface area contributed by atoms with Gasteiger partial charge in [0.1, 0.15) is 0 Å². The van der Waals surface area contributed by atoms with E-state index in [0.717, 1.165) is 25.9 Å². The van der Waals surface area contributed by atoms with Crippen molar-refractivity contribution in [3.05, 3.63) is 25.3 Å². The predicted octanol–water partition coefficient (Wildman–Crippen LogP) is 2.93. The number of hydrogen-bond acceptors (Lipinski definition) is 1. The van der Waals surface area contributed by atoms with Gasteiger partial charge in [-0.15, -0.1) is 13.2 Å². The van der Waals surface area contributed by atoms with Gasteiger partial charge in [0.05, 0.1) is 6.10 Å². The van der Waals surface area contributed by atoms with E-state index in [1.807, 2.05) is 19.1 Å². The fourth-order valence-corrected chi connectivity index (χ4v) is 0.947. The summed E-state index contributed by atoms with van der Waals surface area (Å²) in [6, 6.07) is 0. The summed E-state index contributed by atoms with van der Waals surface area (Å²) in [5.41, 5.74) is 0. The molecule has 64 valence electrons. The Kier molecular flexibility index (Phi) is 7.16. The quantitative estimate of drug-likeness (QED) is 0.404. The third kappa shape index (κ3) is 5.86. The Balaban J connectivity index is 3.34. The van der Waals surface area contributed by atoms with E-state index in [1.165, 1.54) is 0 Å². The van der Waals surface area contributed by atoms with Crippen LogP contribution in [0, 0.1) is 0 Å². The number of hydrogen-bond donors (Lipinski definition) is 0. The largest absolute Gasteiger partial charge is 0.374 e. The first-order valence-corrected chi connectivity index (χ1v) is 4.20. The van der Waals surface area contributed by atoms with E-state index in [-0.39, 0.29) is 6.10 Å². The Morgan fingerprint density at radius 3 is 2.64 bits per heavy atom. The third-order valence-electron chi connectivity index (χ3n) is 1.54. The molecule has 0 aromatic carbocycles. The molecule has 1 atom stereocenters. The Hall–Kier alpha value is -0.560. The van der Waals surface area contributed by atoms with Crippen LogP contribution in [0.4, 0.5) is 0 Å². The Labute approximate surface area is 69.8 Å². The lowest BCUT2D eigenvalue weighted by molar-refractivity contribution is 0.0893. The van der Waals surface area contributed by atoms with Gasteiger partial charge < -0.3 is 4.74 Å². The monoisotopic (exact) mass is 154 g/mol. The fourth-order valence-electron chi connectivity index (χ4n) is 0.947. The highest BCUT2D eigenvalue weighted by molar-refractivity contribution is 4.80. The summed E-state index contributed by atoms with van der Waals surface area (Å²) in [6.07, 6.45) is 7.31. The topological polar surface area (TPSA) is 9.23 Å². The Bertz CT molecular complexity index is 107. The highest BCUT2D eigenvalue weighted by Crippen LogP contribution is 2.05. The van der Waals surface area contributed by atoms with Crippen LogP contribution in [0.25, 0.3) is 0 Å². The molecule has 0 N–H and O–H groups in total. The standard InChI is InChI=1S/C10H18O/c1-4-7-8-9-10(5-2)11-6-3/h4-5,10H,1-2,6-9H2,3H3. The highest BCUT2D eigenvalue weighted by atomic mass is 16.5. The normalized spacial score (nSPS) is 12.5. The van der Waals surface area contributed by atoms with E-state index in [9.17, 15) is 0 Å². The summed E-state index contributed by atoms with van der Waals surface area (Å²) in [4.78, 5) is 0. The van der Waals surface area contributed by atoms with Crippen molar-refractivity contribution < 1.29 is 4.74 Å². The van der Waals surface area contributed by atoms with Crippen molar-refractivity contribution >= 4 is 0 Å². The number of ether oxygens (including phenoxy) is 1. The van der Waals surface area contributed by atoms with Crippen LogP contribution in [-0.4, -0.2) is 12.7 Å². The van der Waals surface area contributed by atoms with E-state index in [1.54, 1.807) is 0 Å². The van der Waals surface area contributed by atoms with E-state index in [2.05, 4.69) is 13.2 Å². The van der Waals surface area contributed by atoms with E-state index >= 15 is 0 Å². The average Bonchev–Trinajstić information content (AvgIpc) is 2.03. The Morgan fingerprint density at radius 2 is 2.18 bits per heavy atom. The molecule has 0 saturated carbocycles. The summed E-state index contributed by atoms with van der Waals surface area (Å²) < 4.78 is 5.39. The van der Waals surface area contributed by atoms with Crippen molar-refractivity contribution in [2.45, 2.75) is 32.3 Å². The molecule has 0 amide bonds. The molecule has 1 nitrogen and oxygen atoms in total. The lowest BCUT2D eigenvalue weighted by Crippen LogP contribution is -2.08. The van der Waals surface area contributed by atoms with Crippen LogP contribution in [-0.2, 0) is 4.74 Å². The van der Waals surface area contributed by atoms with Crippen LogP contribution in [0.3, 0.4) is 0 Å². The molecule has 0 aliphatic rings. The lowest BCUT2D eigenvalue weighted by atomic mass is 10.1. The third-order valence-corrected chi connectivity index (χ3v) is 1.54. The van der Waals surface area contributed by atoms with Gasteiger partial charge in [0.2, 0.25) is 0 Å². The minimum atomic E-state index is 0.236. The summed E-state index contributed by atoms with van der Waals surface area (Å²) in [5, 5.41) is 0. The predicted molar refractivity (Wildman–Crippen MR) is 49.7 cm³/mol. The van der Waals surface area contributed by atoms with Crippen LogP contribution in [0.5, 0.6) is 0 Å². The molecular weight excluding hydrogens is 136 g/mol. The minimum Gasteiger partial charge on any atom is -0.374 e. The van der Waals surface area contributed by atoms with E-state index < -0.39 is 0 Å². The van der Waals surface area contributed by atoms with Crippen molar-refractivity contribution in [1.29, 1.82) is 0 Å². The molecule has 1 heteroatoms. The maximum Gasteiger partial charge on any atom is 0.0753 e. The molecule has 0 aliphatic heterocycles. The van der Waals surface area contributed by atoms with Gasteiger partial charge in [-0.25, -0.2) is 0 Å². The smallest absolute Gasteiger partial charge is 0.0753 e. The zero-order valence-electron chi connectivity index (χ0n) is 7.38. The summed E-state index contributed by atoms with van der Waals surface area (Å²) in [5.74, 6) is 0. The molecule has 0 spiro atoms. The van der Waals surface area contributed by atoms with Crippen molar-refractivity contribution in [3.8, 4) is 0 Å². The summed E-state index contributed by atoms with van der Waals surface area (Å²) in [7, 11) is 0. The minimum absolute atomic E-state index is 0.236. The van der Waals surface area contributed by atoms with E-state index in [4.69, 9.17) is 4.74 Å². The first kappa shape index (κ1) is 10.4. The number of rotatable bonds is 7. The molecule has 0 saturated heterocycles. The highest BCUT2D eigenvalue weighted by Gasteiger charge is 2.00. The summed E-state index contributed by atoms with van der Waals surface area (Å²) in [6.45, 7) is 10.1.